The van der Waals surface area contributed by atoms with Crippen molar-refractivity contribution in [2.45, 2.75) is 18.0 Å². The highest BCUT2D eigenvalue weighted by Crippen LogP contribution is 2.24. The van der Waals surface area contributed by atoms with E-state index < -0.39 is 35.3 Å². The molecule has 0 spiro atoms. The summed E-state index contributed by atoms with van der Waals surface area (Å²) >= 11 is 0. The minimum Gasteiger partial charge on any atom is -0.484 e. The molecule has 2 aromatic carbocycles. The maximum absolute atomic E-state index is 12.6. The van der Waals surface area contributed by atoms with Crippen LogP contribution in [0.3, 0.4) is 0 Å². The van der Waals surface area contributed by atoms with Crippen LogP contribution in [0.15, 0.2) is 53.4 Å². The summed E-state index contributed by atoms with van der Waals surface area (Å²) in [5.41, 5.74) is 1.29. The molecule has 0 aliphatic heterocycles. The largest absolute Gasteiger partial charge is 0.484 e. The van der Waals surface area contributed by atoms with Crippen LogP contribution in [0.4, 0.5) is 18.9 Å². The number of nitrogens with zero attached hydrogens (tertiary/aromatic N) is 1. The van der Waals surface area contributed by atoms with Crippen LogP contribution in [-0.4, -0.2) is 40.7 Å². The summed E-state index contributed by atoms with van der Waals surface area (Å²) in [6, 6.07) is 12.2. The molecule has 0 atom stereocenters. The third kappa shape index (κ3) is 5.88. The van der Waals surface area contributed by atoms with Gasteiger partial charge in [-0.2, -0.15) is 13.2 Å². The number of nitrogens with one attached hydrogen (secondary N) is 1. The number of sulfonamides is 1. The number of rotatable bonds is 7. The number of benzene rings is 2. The third-order valence-corrected chi connectivity index (χ3v) is 5.54. The summed E-state index contributed by atoms with van der Waals surface area (Å²) < 4.78 is 67.6. The Labute approximate surface area is 161 Å². The number of anilines is 1. The second kappa shape index (κ2) is 8.51. The van der Waals surface area contributed by atoms with Crippen molar-refractivity contribution >= 4 is 21.6 Å². The van der Waals surface area contributed by atoms with E-state index in [0.29, 0.717) is 5.69 Å². The fourth-order valence-corrected chi connectivity index (χ4v) is 3.35. The van der Waals surface area contributed by atoms with E-state index in [1.165, 1.54) is 43.4 Å². The van der Waals surface area contributed by atoms with E-state index in [4.69, 9.17) is 4.74 Å². The van der Waals surface area contributed by atoms with Gasteiger partial charge in [0.25, 0.3) is 15.9 Å². The number of alkyl halides is 3. The van der Waals surface area contributed by atoms with Crippen LogP contribution in [0.1, 0.15) is 5.56 Å². The minimum absolute atomic E-state index is 0.141. The molecule has 0 aliphatic rings. The fraction of sp³-hybridized carbons (Fsp3) is 0.278. The zero-order chi connectivity index (χ0) is 20.9. The molecule has 0 aliphatic carbocycles. The molecule has 6 nitrogen and oxygen atoms in total. The first kappa shape index (κ1) is 21.5. The van der Waals surface area contributed by atoms with E-state index in [1.807, 2.05) is 6.92 Å². The lowest BCUT2D eigenvalue weighted by Crippen LogP contribution is -2.36. The highest BCUT2D eigenvalue weighted by atomic mass is 32.2. The van der Waals surface area contributed by atoms with Gasteiger partial charge in [0.15, 0.2) is 6.61 Å². The molecule has 10 heteroatoms. The Bertz CT molecular complexity index is 911. The van der Waals surface area contributed by atoms with Gasteiger partial charge in [-0.3, -0.25) is 9.10 Å². The van der Waals surface area contributed by atoms with Crippen molar-refractivity contribution in [1.82, 2.24) is 5.32 Å². The topological polar surface area (TPSA) is 75.7 Å². The van der Waals surface area contributed by atoms with Gasteiger partial charge in [0.2, 0.25) is 0 Å². The third-order valence-electron chi connectivity index (χ3n) is 3.74. The molecule has 0 radical (unpaired) electrons. The van der Waals surface area contributed by atoms with E-state index in [2.05, 4.69) is 0 Å². The first-order valence-electron chi connectivity index (χ1n) is 8.11. The SMILES string of the molecule is Cc1ccc(S(=O)(=O)N(C)c2ccc(OCC(=O)NCC(F)(F)F)cc2)cc1. The van der Waals surface area contributed by atoms with E-state index in [0.717, 1.165) is 9.87 Å². The van der Waals surface area contributed by atoms with E-state index in [1.54, 1.807) is 17.4 Å². The van der Waals surface area contributed by atoms with Gasteiger partial charge in [0, 0.05) is 7.05 Å². The summed E-state index contributed by atoms with van der Waals surface area (Å²) in [4.78, 5) is 11.5. The van der Waals surface area contributed by atoms with Crippen LogP contribution in [0.25, 0.3) is 0 Å². The molecule has 0 unspecified atom stereocenters. The predicted molar refractivity (Wildman–Crippen MR) is 97.8 cm³/mol. The summed E-state index contributed by atoms with van der Waals surface area (Å²) in [6.45, 7) is -0.176. The molecule has 0 bridgehead atoms. The molecule has 0 saturated carbocycles. The Morgan fingerprint density at radius 3 is 2.18 bits per heavy atom. The fourth-order valence-electron chi connectivity index (χ4n) is 2.16. The molecule has 0 aromatic heterocycles. The average molecular weight is 416 g/mol. The highest BCUT2D eigenvalue weighted by molar-refractivity contribution is 7.92. The van der Waals surface area contributed by atoms with Gasteiger partial charge in [-0.15, -0.1) is 0 Å². The first-order valence-corrected chi connectivity index (χ1v) is 9.55. The smallest absolute Gasteiger partial charge is 0.405 e. The summed E-state index contributed by atoms with van der Waals surface area (Å²) in [5.74, 6) is -0.701. The molecule has 1 N–H and O–H groups in total. The molecule has 28 heavy (non-hydrogen) atoms. The lowest BCUT2D eigenvalue weighted by atomic mass is 10.2. The average Bonchev–Trinajstić information content (AvgIpc) is 2.64. The van der Waals surface area contributed by atoms with Crippen LogP contribution >= 0.6 is 0 Å². The van der Waals surface area contributed by atoms with Gasteiger partial charge >= 0.3 is 6.18 Å². The highest BCUT2D eigenvalue weighted by Gasteiger charge is 2.27. The standard InChI is InChI=1S/C18H19F3N2O4S/c1-13-3-9-16(10-4-13)28(25,26)23(2)14-5-7-15(8-6-14)27-11-17(24)22-12-18(19,20)21/h3-10H,11-12H2,1-2H3,(H,22,24). The molecule has 2 rings (SSSR count). The Morgan fingerprint density at radius 1 is 1.07 bits per heavy atom. The number of halogens is 3. The van der Waals surface area contributed by atoms with Crippen LogP contribution < -0.4 is 14.4 Å². The summed E-state index contributed by atoms with van der Waals surface area (Å²) in [6.07, 6.45) is -4.50. The van der Waals surface area contributed by atoms with Gasteiger partial charge in [-0.1, -0.05) is 17.7 Å². The molecule has 2 aromatic rings. The van der Waals surface area contributed by atoms with Gasteiger partial charge in [-0.25, -0.2) is 8.42 Å². The molecular weight excluding hydrogens is 397 g/mol. The van der Waals surface area contributed by atoms with E-state index >= 15 is 0 Å². The maximum atomic E-state index is 12.6. The number of ether oxygens (including phenoxy) is 1. The molecule has 1 amide bonds. The number of hydrogen-bond donors (Lipinski definition) is 1. The molecule has 152 valence electrons. The molecular formula is C18H19F3N2O4S. The lowest BCUT2D eigenvalue weighted by Gasteiger charge is -2.20. The van der Waals surface area contributed by atoms with Gasteiger partial charge < -0.3 is 10.1 Å². The van der Waals surface area contributed by atoms with Crippen molar-refractivity contribution in [3.63, 3.8) is 0 Å². The van der Waals surface area contributed by atoms with Crippen molar-refractivity contribution in [1.29, 1.82) is 0 Å². The quantitative estimate of drug-likeness (QED) is 0.753. The number of aryl methyl sites for hydroxylation is 1. The van der Waals surface area contributed by atoms with Gasteiger partial charge in [-0.05, 0) is 43.3 Å². The minimum atomic E-state index is -4.50. The van der Waals surface area contributed by atoms with Crippen molar-refractivity contribution < 1.29 is 31.1 Å². The maximum Gasteiger partial charge on any atom is 0.405 e. The zero-order valence-electron chi connectivity index (χ0n) is 15.2. The summed E-state index contributed by atoms with van der Waals surface area (Å²) in [7, 11) is -2.35. The molecule has 0 fully saturated rings. The van der Waals surface area contributed by atoms with Crippen LogP contribution in [0, 0.1) is 6.92 Å². The number of carbonyl (C=O) groups excluding carboxylic acids is 1. The zero-order valence-corrected chi connectivity index (χ0v) is 16.0. The Hall–Kier alpha value is -2.75. The summed E-state index contributed by atoms with van der Waals surface area (Å²) in [5, 5.41) is 1.69. The van der Waals surface area contributed by atoms with Crippen molar-refractivity contribution in [2.24, 2.45) is 0 Å². The predicted octanol–water partition coefficient (Wildman–Crippen LogP) is 2.88. The first-order chi connectivity index (χ1) is 13.0. The Kier molecular flexibility index (Phi) is 6.55. The second-order valence-electron chi connectivity index (χ2n) is 5.96. The Morgan fingerprint density at radius 2 is 1.64 bits per heavy atom. The van der Waals surface area contributed by atoms with E-state index in [-0.39, 0.29) is 10.6 Å². The van der Waals surface area contributed by atoms with Crippen molar-refractivity contribution in [3.8, 4) is 5.75 Å². The Balaban J connectivity index is 1.99. The van der Waals surface area contributed by atoms with Crippen LogP contribution in [-0.2, 0) is 14.8 Å². The second-order valence-corrected chi connectivity index (χ2v) is 7.93. The van der Waals surface area contributed by atoms with Crippen LogP contribution in [0.5, 0.6) is 5.75 Å². The van der Waals surface area contributed by atoms with E-state index in [9.17, 15) is 26.4 Å². The van der Waals surface area contributed by atoms with Gasteiger partial charge in [0.1, 0.15) is 12.3 Å². The van der Waals surface area contributed by atoms with Crippen LogP contribution in [0.2, 0.25) is 0 Å². The molecule has 0 saturated heterocycles. The normalized spacial score (nSPS) is 11.8. The monoisotopic (exact) mass is 416 g/mol. The molecule has 0 heterocycles. The number of carbonyl (C=O) groups is 1. The number of hydrogen-bond acceptors (Lipinski definition) is 4. The van der Waals surface area contributed by atoms with Gasteiger partial charge in [0.05, 0.1) is 10.6 Å². The van der Waals surface area contributed by atoms with Crippen molar-refractivity contribution in [2.75, 3.05) is 24.5 Å². The lowest BCUT2D eigenvalue weighted by molar-refractivity contribution is -0.139. The number of amides is 1. The van der Waals surface area contributed by atoms with Crippen molar-refractivity contribution in [3.05, 3.63) is 54.1 Å².